The third-order valence-electron chi connectivity index (χ3n) is 4.49. The molecule has 6 nitrogen and oxygen atoms in total. The molecule has 2 aliphatic rings. The Bertz CT molecular complexity index is 605. The zero-order valence-corrected chi connectivity index (χ0v) is 14.1. The minimum absolute atomic E-state index is 0.119. The lowest BCUT2D eigenvalue weighted by Gasteiger charge is -2.28. The molecular weight excluding hydrogens is 316 g/mol. The molecule has 0 bridgehead atoms. The van der Waals surface area contributed by atoms with E-state index in [9.17, 15) is 14.7 Å². The number of anilines is 1. The van der Waals surface area contributed by atoms with Crippen molar-refractivity contribution in [1.82, 2.24) is 4.90 Å². The summed E-state index contributed by atoms with van der Waals surface area (Å²) in [4.78, 5) is 27.6. The Kier molecular flexibility index (Phi) is 4.99. The zero-order chi connectivity index (χ0) is 16.4. The lowest BCUT2D eigenvalue weighted by molar-refractivity contribution is -0.117. The summed E-state index contributed by atoms with van der Waals surface area (Å²) in [6.45, 7) is 1.73. The van der Waals surface area contributed by atoms with Crippen LogP contribution in [0.1, 0.15) is 40.1 Å². The van der Waals surface area contributed by atoms with Crippen molar-refractivity contribution in [2.45, 2.75) is 38.2 Å². The van der Waals surface area contributed by atoms with E-state index in [1.807, 2.05) is 4.90 Å². The highest BCUT2D eigenvalue weighted by atomic mass is 32.1. The third-order valence-corrected chi connectivity index (χ3v) is 5.70. The van der Waals surface area contributed by atoms with Crippen molar-refractivity contribution in [1.29, 1.82) is 0 Å². The SMILES string of the molecule is COC(=O)c1c(NC(=O)CN2CCC(O)CC2)sc2c1CCC2. The van der Waals surface area contributed by atoms with Gasteiger partial charge in [-0.2, -0.15) is 0 Å². The van der Waals surface area contributed by atoms with Crippen molar-refractivity contribution in [2.24, 2.45) is 0 Å². The smallest absolute Gasteiger partial charge is 0.341 e. The number of hydrogen-bond acceptors (Lipinski definition) is 6. The fraction of sp³-hybridized carbons (Fsp3) is 0.625. The van der Waals surface area contributed by atoms with Crippen molar-refractivity contribution in [3.8, 4) is 0 Å². The van der Waals surface area contributed by atoms with Crippen LogP contribution in [0.5, 0.6) is 0 Å². The predicted molar refractivity (Wildman–Crippen MR) is 88.0 cm³/mol. The van der Waals surface area contributed by atoms with Crippen LogP contribution in [0.2, 0.25) is 0 Å². The number of carbonyl (C=O) groups is 2. The van der Waals surface area contributed by atoms with Gasteiger partial charge in [0.2, 0.25) is 5.91 Å². The van der Waals surface area contributed by atoms with Gasteiger partial charge in [-0.25, -0.2) is 4.79 Å². The number of aliphatic hydroxyl groups excluding tert-OH is 1. The molecule has 126 valence electrons. The summed E-state index contributed by atoms with van der Waals surface area (Å²) < 4.78 is 4.88. The number of amides is 1. The molecule has 0 radical (unpaired) electrons. The van der Waals surface area contributed by atoms with E-state index in [4.69, 9.17) is 4.74 Å². The van der Waals surface area contributed by atoms with Crippen LogP contribution in [0.3, 0.4) is 0 Å². The average molecular weight is 338 g/mol. The van der Waals surface area contributed by atoms with E-state index >= 15 is 0 Å². The van der Waals surface area contributed by atoms with Crippen molar-refractivity contribution in [3.63, 3.8) is 0 Å². The summed E-state index contributed by atoms with van der Waals surface area (Å²) >= 11 is 1.49. The van der Waals surface area contributed by atoms with E-state index in [1.165, 1.54) is 23.3 Å². The maximum atomic E-state index is 12.3. The Hall–Kier alpha value is -1.44. The summed E-state index contributed by atoms with van der Waals surface area (Å²) in [5.41, 5.74) is 1.57. The second kappa shape index (κ2) is 6.98. The van der Waals surface area contributed by atoms with Crippen LogP contribution in [0.4, 0.5) is 5.00 Å². The summed E-state index contributed by atoms with van der Waals surface area (Å²) in [5, 5.41) is 13.0. The maximum absolute atomic E-state index is 12.3. The molecule has 1 fully saturated rings. The molecule has 1 aromatic rings. The number of carbonyl (C=O) groups excluding carboxylic acids is 2. The summed E-state index contributed by atoms with van der Waals surface area (Å²) in [6, 6.07) is 0. The van der Waals surface area contributed by atoms with Gasteiger partial charge >= 0.3 is 5.97 Å². The lowest BCUT2D eigenvalue weighted by Crippen LogP contribution is -2.40. The first kappa shape index (κ1) is 16.4. The fourth-order valence-corrected chi connectivity index (χ4v) is 4.55. The molecule has 23 heavy (non-hydrogen) atoms. The van der Waals surface area contributed by atoms with E-state index in [1.54, 1.807) is 0 Å². The Labute approximate surface area is 139 Å². The fourth-order valence-electron chi connectivity index (χ4n) is 3.26. The van der Waals surface area contributed by atoms with E-state index < -0.39 is 0 Å². The topological polar surface area (TPSA) is 78.9 Å². The van der Waals surface area contributed by atoms with Gasteiger partial charge in [-0.1, -0.05) is 0 Å². The standard InChI is InChI=1S/C16H22N2O4S/c1-22-16(21)14-11-3-2-4-12(11)23-15(14)17-13(20)9-18-7-5-10(19)6-8-18/h10,19H,2-9H2,1H3,(H,17,20). The molecule has 1 saturated heterocycles. The molecule has 1 aliphatic carbocycles. The summed E-state index contributed by atoms with van der Waals surface area (Å²) in [5.74, 6) is -0.493. The largest absolute Gasteiger partial charge is 0.465 e. The highest BCUT2D eigenvalue weighted by molar-refractivity contribution is 7.17. The normalized spacial score (nSPS) is 18.7. The Morgan fingerprint density at radius 2 is 2.09 bits per heavy atom. The van der Waals surface area contributed by atoms with Crippen molar-refractivity contribution < 1.29 is 19.4 Å². The van der Waals surface area contributed by atoms with Gasteiger partial charge in [0.1, 0.15) is 5.00 Å². The predicted octanol–water partition coefficient (Wildman–Crippen LogP) is 1.42. The molecule has 0 unspecified atom stereocenters. The number of methoxy groups -OCH3 is 1. The number of fused-ring (bicyclic) bond motifs is 1. The van der Waals surface area contributed by atoms with Gasteiger partial charge in [-0.3, -0.25) is 9.69 Å². The number of rotatable bonds is 4. The first-order chi connectivity index (χ1) is 11.1. The van der Waals surface area contributed by atoms with Gasteiger partial charge in [0.25, 0.3) is 0 Å². The summed E-state index contributed by atoms with van der Waals surface area (Å²) in [7, 11) is 1.37. The van der Waals surface area contributed by atoms with E-state index in [0.717, 1.165) is 37.9 Å². The highest BCUT2D eigenvalue weighted by Crippen LogP contribution is 2.39. The Balaban J connectivity index is 1.68. The zero-order valence-electron chi connectivity index (χ0n) is 13.3. The van der Waals surface area contributed by atoms with Crippen LogP contribution in [0.25, 0.3) is 0 Å². The lowest BCUT2D eigenvalue weighted by atomic mass is 10.1. The molecule has 2 heterocycles. The van der Waals surface area contributed by atoms with Crippen LogP contribution >= 0.6 is 11.3 Å². The van der Waals surface area contributed by atoms with E-state index in [-0.39, 0.29) is 24.5 Å². The molecule has 0 spiro atoms. The first-order valence-electron chi connectivity index (χ1n) is 8.01. The van der Waals surface area contributed by atoms with Gasteiger partial charge in [0, 0.05) is 18.0 Å². The van der Waals surface area contributed by atoms with Crippen LogP contribution in [-0.2, 0) is 22.4 Å². The molecule has 1 aromatic heterocycles. The molecule has 1 amide bonds. The van der Waals surface area contributed by atoms with Gasteiger partial charge in [-0.15, -0.1) is 11.3 Å². The number of aryl methyl sites for hydroxylation is 1. The molecule has 0 aromatic carbocycles. The molecular formula is C16H22N2O4S. The second-order valence-corrected chi connectivity index (χ2v) is 7.21. The van der Waals surface area contributed by atoms with E-state index in [0.29, 0.717) is 23.4 Å². The average Bonchev–Trinajstić information content (AvgIpc) is 3.09. The number of piperidine rings is 1. The van der Waals surface area contributed by atoms with Crippen molar-refractivity contribution in [3.05, 3.63) is 16.0 Å². The van der Waals surface area contributed by atoms with Gasteiger partial charge in [-0.05, 0) is 37.7 Å². The van der Waals surface area contributed by atoms with Gasteiger partial charge in [0.15, 0.2) is 0 Å². The molecule has 0 saturated carbocycles. The van der Waals surface area contributed by atoms with Crippen LogP contribution in [0.15, 0.2) is 0 Å². The van der Waals surface area contributed by atoms with Gasteiger partial charge < -0.3 is 15.2 Å². The second-order valence-electron chi connectivity index (χ2n) is 6.11. The minimum atomic E-state index is -0.374. The number of nitrogens with zero attached hydrogens (tertiary/aromatic N) is 1. The maximum Gasteiger partial charge on any atom is 0.341 e. The molecule has 3 rings (SSSR count). The van der Waals surface area contributed by atoms with Gasteiger partial charge in [0.05, 0.1) is 25.3 Å². The quantitative estimate of drug-likeness (QED) is 0.812. The number of aliphatic hydroxyl groups is 1. The Morgan fingerprint density at radius 1 is 1.35 bits per heavy atom. The molecule has 2 N–H and O–H groups in total. The van der Waals surface area contributed by atoms with E-state index in [2.05, 4.69) is 5.32 Å². The number of hydrogen-bond donors (Lipinski definition) is 2. The number of esters is 1. The molecule has 7 heteroatoms. The minimum Gasteiger partial charge on any atom is -0.465 e. The highest BCUT2D eigenvalue weighted by Gasteiger charge is 2.28. The summed E-state index contributed by atoms with van der Waals surface area (Å²) in [6.07, 6.45) is 4.04. The number of ether oxygens (including phenoxy) is 1. The van der Waals surface area contributed by atoms with Crippen molar-refractivity contribution in [2.75, 3.05) is 32.1 Å². The monoisotopic (exact) mass is 338 g/mol. The number of likely N-dealkylation sites (tertiary alicyclic amines) is 1. The van der Waals surface area contributed by atoms with Crippen molar-refractivity contribution >= 4 is 28.2 Å². The Morgan fingerprint density at radius 3 is 2.78 bits per heavy atom. The molecule has 1 aliphatic heterocycles. The first-order valence-corrected chi connectivity index (χ1v) is 8.83. The van der Waals surface area contributed by atoms with Crippen LogP contribution < -0.4 is 5.32 Å². The number of thiophene rings is 1. The van der Waals surface area contributed by atoms with Crippen LogP contribution in [0, 0.1) is 0 Å². The van der Waals surface area contributed by atoms with Crippen LogP contribution in [-0.4, -0.2) is 54.7 Å². The third kappa shape index (κ3) is 3.57. The number of nitrogens with one attached hydrogen (secondary N) is 1. The molecule has 0 atom stereocenters.